The van der Waals surface area contributed by atoms with Crippen molar-refractivity contribution in [3.05, 3.63) is 251 Å². The number of carbonyl (C=O) groups is 8. The number of nitrogens with two attached hydrogens (primary N) is 1. The van der Waals surface area contributed by atoms with E-state index in [-0.39, 0.29) is 59.6 Å². The third-order valence-corrected chi connectivity index (χ3v) is 15.2. The lowest BCUT2D eigenvalue weighted by molar-refractivity contribution is -0.328. The topological polar surface area (TPSA) is 285 Å². The van der Waals surface area contributed by atoms with Gasteiger partial charge in [-0.15, -0.1) is 0 Å². The number of alkyl carbamates (subject to hydrolysis) is 1. The van der Waals surface area contributed by atoms with Crippen molar-refractivity contribution in [2.75, 3.05) is 32.9 Å². The van der Waals surface area contributed by atoms with Gasteiger partial charge in [0.2, 0.25) is 0 Å². The quantitative estimate of drug-likeness (QED) is 0.0232. The van der Waals surface area contributed by atoms with Crippen LogP contribution in [-0.4, -0.2) is 142 Å². The van der Waals surface area contributed by atoms with Crippen LogP contribution in [0.2, 0.25) is 0 Å². The molecule has 7 aromatic carbocycles. The Morgan fingerprint density at radius 2 is 0.705 bits per heavy atom. The molecule has 2 saturated heterocycles. The van der Waals surface area contributed by atoms with Gasteiger partial charge in [-0.3, -0.25) is 4.79 Å². The van der Waals surface area contributed by atoms with E-state index in [0.29, 0.717) is 45.1 Å². The van der Waals surface area contributed by atoms with Crippen LogP contribution < -0.4 is 11.1 Å². The van der Waals surface area contributed by atoms with E-state index in [0.717, 1.165) is 5.56 Å². The summed E-state index contributed by atoms with van der Waals surface area (Å²) in [7, 11) is 0. The first-order chi connectivity index (χ1) is 46.4. The summed E-state index contributed by atoms with van der Waals surface area (Å²) in [4.78, 5) is 113. The highest BCUT2D eigenvalue weighted by atomic mass is 16.8. The molecule has 0 radical (unpaired) electrons. The van der Waals surface area contributed by atoms with Crippen LogP contribution in [0.5, 0.6) is 0 Å². The van der Waals surface area contributed by atoms with Crippen LogP contribution in [0.1, 0.15) is 113 Å². The van der Waals surface area contributed by atoms with Crippen LogP contribution >= 0.6 is 0 Å². The zero-order valence-electron chi connectivity index (χ0n) is 51.9. The maximum absolute atomic E-state index is 14.6. The number of hydrogen-bond donors (Lipinski definition) is 2. The largest absolute Gasteiger partial charge is 0.463 e. The fourth-order valence-electron chi connectivity index (χ4n) is 10.3. The molecule has 0 unspecified atom stereocenters. The molecular weight excluding hydrogens is 1220 g/mol. The summed E-state index contributed by atoms with van der Waals surface area (Å²) in [5.41, 5.74) is 6.87. The van der Waals surface area contributed by atoms with Crippen molar-refractivity contribution in [1.29, 1.82) is 0 Å². The van der Waals surface area contributed by atoms with Crippen molar-refractivity contribution in [2.24, 2.45) is 5.73 Å². The molecule has 0 aliphatic carbocycles. The molecule has 95 heavy (non-hydrogen) atoms. The molecule has 0 saturated carbocycles. The maximum atomic E-state index is 14.6. The Hall–Kier alpha value is -10.1. The first-order valence-corrected chi connectivity index (χ1v) is 31.3. The molecule has 2 aliphatic rings. The summed E-state index contributed by atoms with van der Waals surface area (Å²) in [6.07, 6.45) is -15.0. The van der Waals surface area contributed by atoms with Gasteiger partial charge in [-0.2, -0.15) is 0 Å². The number of ether oxygens (including phenoxy) is 12. The number of hydrogen-bond acceptors (Lipinski definition) is 21. The molecule has 0 aromatic heterocycles. The zero-order chi connectivity index (χ0) is 66.6. The van der Waals surface area contributed by atoms with E-state index in [9.17, 15) is 38.4 Å². The standard InChI is InChI=1S/C73H74N2O20/c74-43-25-8-24-42-58(76)85-47-56-59(90-65(77)50-30-12-2-13-31-50)62(93-68(80)53-36-18-5-19-37-53)64(95-70(82)55-40-22-7-23-41-55)72(89-56)86-48-57-60(91-66(78)51-32-14-3-15-33-51)61(92-67(79)52-34-16-4-17-35-52)63(94-69(81)54-38-20-6-21-39-54)71(88-57)84-45-27-9-26-44-75-73(83)87-46-49-28-10-1-11-29-49/h1-7,10-23,28-41,56-57,59-64,71-72H,8-9,24-27,42-48,74H2,(H,75,83)/t56-,57-,59-,60-,61+,62+,63+,64+,71+,72+/m1/s1. The van der Waals surface area contributed by atoms with Crippen LogP contribution in [0.25, 0.3) is 0 Å². The zero-order valence-corrected chi connectivity index (χ0v) is 51.9. The van der Waals surface area contributed by atoms with Crippen molar-refractivity contribution in [2.45, 2.75) is 113 Å². The monoisotopic (exact) mass is 1300 g/mol. The summed E-state index contributed by atoms with van der Waals surface area (Å²) in [6, 6.07) is 56.3. The second-order valence-corrected chi connectivity index (χ2v) is 22.0. The fourth-order valence-corrected chi connectivity index (χ4v) is 10.3. The van der Waals surface area contributed by atoms with Gasteiger partial charge < -0.3 is 67.9 Å². The molecular formula is C73H74N2O20. The molecule has 22 heteroatoms. The molecule has 0 spiro atoms. The number of unbranched alkanes of at least 4 members (excludes halogenated alkanes) is 4. The van der Waals surface area contributed by atoms with Crippen LogP contribution in [0, 0.1) is 0 Å². The van der Waals surface area contributed by atoms with Gasteiger partial charge in [0.05, 0.1) is 40.0 Å². The third-order valence-electron chi connectivity index (χ3n) is 15.2. The van der Waals surface area contributed by atoms with Gasteiger partial charge in [0.15, 0.2) is 49.2 Å². The van der Waals surface area contributed by atoms with Gasteiger partial charge in [0.25, 0.3) is 0 Å². The second kappa shape index (κ2) is 36.4. The predicted octanol–water partition coefficient (Wildman–Crippen LogP) is 9.98. The summed E-state index contributed by atoms with van der Waals surface area (Å²) >= 11 is 0. The Kier molecular flexibility index (Phi) is 26.5. The van der Waals surface area contributed by atoms with Gasteiger partial charge in [-0.05, 0) is 117 Å². The normalized spacial score (nSPS) is 20.5. The molecule has 496 valence electrons. The molecule has 1 amide bonds. The molecule has 2 aliphatic heterocycles. The van der Waals surface area contributed by atoms with Gasteiger partial charge in [-0.1, -0.05) is 146 Å². The van der Waals surface area contributed by atoms with Crippen LogP contribution in [0.3, 0.4) is 0 Å². The first kappa shape index (κ1) is 69.2. The Bertz CT molecular complexity index is 3560. The molecule has 2 fully saturated rings. The van der Waals surface area contributed by atoms with Crippen LogP contribution in [-0.2, 0) is 68.2 Å². The first-order valence-electron chi connectivity index (χ1n) is 31.3. The lowest BCUT2D eigenvalue weighted by Gasteiger charge is -2.46. The molecule has 0 bridgehead atoms. The van der Waals surface area contributed by atoms with E-state index >= 15 is 0 Å². The summed E-state index contributed by atoms with van der Waals surface area (Å²) in [5, 5.41) is 2.74. The Balaban J connectivity index is 1.09. The van der Waals surface area contributed by atoms with Gasteiger partial charge >= 0.3 is 47.9 Å². The van der Waals surface area contributed by atoms with Gasteiger partial charge in [0, 0.05) is 19.6 Å². The summed E-state index contributed by atoms with van der Waals surface area (Å²) in [5.74, 6) is -6.31. The van der Waals surface area contributed by atoms with Crippen molar-refractivity contribution >= 4 is 47.9 Å². The minimum atomic E-state index is -1.90. The minimum Gasteiger partial charge on any atom is -0.463 e. The van der Waals surface area contributed by atoms with Crippen molar-refractivity contribution < 1.29 is 95.2 Å². The van der Waals surface area contributed by atoms with E-state index in [1.165, 1.54) is 72.8 Å². The lowest BCUT2D eigenvalue weighted by Crippen LogP contribution is -2.65. The number of esters is 7. The van der Waals surface area contributed by atoms with Gasteiger partial charge in [0.1, 0.15) is 25.4 Å². The highest BCUT2D eigenvalue weighted by Crippen LogP contribution is 2.36. The second-order valence-electron chi connectivity index (χ2n) is 22.0. The number of benzene rings is 7. The fraction of sp³-hybridized carbons (Fsp3) is 0.315. The molecule has 3 N–H and O–H groups in total. The average molecular weight is 1300 g/mol. The average Bonchev–Trinajstić information content (AvgIpc) is 0.781. The molecule has 10 atom stereocenters. The van der Waals surface area contributed by atoms with E-state index < -0.39 is 123 Å². The highest BCUT2D eigenvalue weighted by molar-refractivity contribution is 5.93. The lowest BCUT2D eigenvalue weighted by atomic mass is 9.96. The van der Waals surface area contributed by atoms with Crippen molar-refractivity contribution in [1.82, 2.24) is 5.32 Å². The molecule has 2 heterocycles. The number of rotatable bonds is 31. The highest BCUT2D eigenvalue weighted by Gasteiger charge is 2.57. The van der Waals surface area contributed by atoms with Crippen LogP contribution in [0.15, 0.2) is 212 Å². The Labute approximate surface area is 549 Å². The van der Waals surface area contributed by atoms with Gasteiger partial charge in [-0.25, -0.2) is 33.6 Å². The smallest absolute Gasteiger partial charge is 0.407 e. The molecule has 22 nitrogen and oxygen atoms in total. The summed E-state index contributed by atoms with van der Waals surface area (Å²) < 4.78 is 75.7. The van der Waals surface area contributed by atoms with E-state index in [1.807, 2.05) is 30.3 Å². The molecule has 7 aromatic rings. The molecule has 9 rings (SSSR count). The number of carbonyl (C=O) groups excluding carboxylic acids is 8. The van der Waals surface area contributed by atoms with E-state index in [4.69, 9.17) is 62.6 Å². The number of nitrogens with one attached hydrogen (secondary N) is 1. The minimum absolute atomic E-state index is 0.0307. The Morgan fingerprint density at radius 1 is 0.358 bits per heavy atom. The predicted molar refractivity (Wildman–Crippen MR) is 340 cm³/mol. The van der Waals surface area contributed by atoms with Crippen LogP contribution in [0.4, 0.5) is 4.79 Å². The van der Waals surface area contributed by atoms with E-state index in [1.54, 1.807) is 109 Å². The van der Waals surface area contributed by atoms with E-state index in [2.05, 4.69) is 5.32 Å². The summed E-state index contributed by atoms with van der Waals surface area (Å²) in [6.45, 7) is -0.745. The Morgan fingerprint density at radius 3 is 1.11 bits per heavy atom. The van der Waals surface area contributed by atoms with Crippen molar-refractivity contribution in [3.8, 4) is 0 Å². The maximum Gasteiger partial charge on any atom is 0.407 e. The number of amides is 1. The third kappa shape index (κ3) is 20.7. The van der Waals surface area contributed by atoms with Crippen molar-refractivity contribution in [3.63, 3.8) is 0 Å². The SMILES string of the molecule is NCCCCCC(=O)OC[C@H]1O[C@H](OC[C@H]2O[C@H](OCCCCCNC(=O)OCc3ccccc3)[C@@H](OC(=O)c3ccccc3)[C@@H](OC(=O)c3ccccc3)[C@@H]2OC(=O)c2ccccc2)[C@@H](OC(=O)c2ccccc2)[C@@H](OC(=O)c2ccccc2)[C@@H]1OC(=O)c1ccccc1.